The summed E-state index contributed by atoms with van der Waals surface area (Å²) in [6.45, 7) is 0.119. The van der Waals surface area contributed by atoms with Gasteiger partial charge in [0.2, 0.25) is 11.8 Å². The summed E-state index contributed by atoms with van der Waals surface area (Å²) in [6.07, 6.45) is 10.5. The predicted molar refractivity (Wildman–Crippen MR) is 110 cm³/mol. The number of thioether (sulfide) groups is 1. The SMILES string of the molecule is CSc1ccccc1NC(=O)CN(C)C(=O)CC12CC3CC(CC(C3)C1)C2. The van der Waals surface area contributed by atoms with Crippen LogP contribution in [-0.4, -0.2) is 36.6 Å². The number of para-hydroxylation sites is 1. The number of nitrogens with zero attached hydrogens (tertiary/aromatic N) is 1. The highest BCUT2D eigenvalue weighted by atomic mass is 32.2. The smallest absolute Gasteiger partial charge is 0.244 e. The van der Waals surface area contributed by atoms with E-state index in [1.807, 2.05) is 30.5 Å². The summed E-state index contributed by atoms with van der Waals surface area (Å²) in [5.41, 5.74) is 1.04. The van der Waals surface area contributed by atoms with Crippen LogP contribution in [0.5, 0.6) is 0 Å². The van der Waals surface area contributed by atoms with Gasteiger partial charge in [-0.25, -0.2) is 0 Å². The molecular weight excluding hydrogens is 356 g/mol. The van der Waals surface area contributed by atoms with Crippen molar-refractivity contribution in [2.45, 2.75) is 49.8 Å². The minimum absolute atomic E-state index is 0.119. The molecule has 1 aromatic carbocycles. The highest BCUT2D eigenvalue weighted by Gasteiger charge is 2.51. The molecule has 0 aromatic heterocycles. The lowest BCUT2D eigenvalue weighted by Crippen LogP contribution is -2.48. The van der Waals surface area contributed by atoms with Gasteiger partial charge in [0, 0.05) is 18.4 Å². The normalized spacial score (nSPS) is 31.0. The standard InChI is InChI=1S/C22H30N2O2S/c1-24(14-20(25)23-18-5-3-4-6-19(18)27-2)21(26)13-22-10-15-7-16(11-22)9-17(8-15)12-22/h3-6,15-17H,7-14H2,1-2H3,(H,23,25). The third-order valence-electron chi connectivity index (χ3n) is 6.88. The second-order valence-electron chi connectivity index (χ2n) is 9.09. The average Bonchev–Trinajstić information content (AvgIpc) is 2.60. The fourth-order valence-corrected chi connectivity index (χ4v) is 6.76. The van der Waals surface area contributed by atoms with Gasteiger partial charge in [-0.1, -0.05) is 12.1 Å². The second kappa shape index (κ2) is 7.50. The summed E-state index contributed by atoms with van der Waals surface area (Å²) in [6, 6.07) is 7.77. The maximum atomic E-state index is 12.9. The van der Waals surface area contributed by atoms with E-state index < -0.39 is 0 Å². The maximum absolute atomic E-state index is 12.9. The highest BCUT2D eigenvalue weighted by Crippen LogP contribution is 2.61. The molecule has 0 unspecified atom stereocenters. The Morgan fingerprint density at radius 1 is 1.11 bits per heavy atom. The Bertz CT molecular complexity index is 697. The summed E-state index contributed by atoms with van der Waals surface area (Å²) in [5.74, 6) is 2.55. The Kier molecular flexibility index (Phi) is 5.23. The quantitative estimate of drug-likeness (QED) is 0.737. The number of hydrogen-bond acceptors (Lipinski definition) is 3. The largest absolute Gasteiger partial charge is 0.336 e. The minimum atomic E-state index is -0.127. The lowest BCUT2D eigenvalue weighted by atomic mass is 9.49. The molecule has 4 saturated carbocycles. The maximum Gasteiger partial charge on any atom is 0.244 e. The molecule has 4 aliphatic rings. The number of benzene rings is 1. The first-order valence-corrected chi connectivity index (χ1v) is 11.4. The Labute approximate surface area is 166 Å². The first kappa shape index (κ1) is 18.9. The van der Waals surface area contributed by atoms with E-state index >= 15 is 0 Å². The number of carbonyl (C=O) groups is 2. The van der Waals surface area contributed by atoms with Gasteiger partial charge in [-0.2, -0.15) is 0 Å². The average molecular weight is 387 g/mol. The van der Waals surface area contributed by atoms with Crippen LogP contribution in [-0.2, 0) is 9.59 Å². The predicted octanol–water partition coefficient (Wildman–Crippen LogP) is 4.41. The number of rotatable bonds is 6. The number of amides is 2. The van der Waals surface area contributed by atoms with Gasteiger partial charge >= 0.3 is 0 Å². The lowest BCUT2D eigenvalue weighted by Gasteiger charge is -2.56. The molecule has 4 fully saturated rings. The van der Waals surface area contributed by atoms with Crippen LogP contribution in [0.4, 0.5) is 5.69 Å². The Hall–Kier alpha value is -1.49. The number of carbonyl (C=O) groups excluding carboxylic acids is 2. The van der Waals surface area contributed by atoms with Gasteiger partial charge in [-0.3, -0.25) is 9.59 Å². The van der Waals surface area contributed by atoms with Crippen molar-refractivity contribution in [2.75, 3.05) is 25.2 Å². The van der Waals surface area contributed by atoms with Gasteiger partial charge in [0.15, 0.2) is 0 Å². The zero-order valence-electron chi connectivity index (χ0n) is 16.4. The van der Waals surface area contributed by atoms with Crippen LogP contribution in [0.15, 0.2) is 29.2 Å². The van der Waals surface area contributed by atoms with Crippen molar-refractivity contribution in [3.8, 4) is 0 Å². The number of likely N-dealkylation sites (N-methyl/N-ethyl adjacent to an activating group) is 1. The summed E-state index contributed by atoms with van der Waals surface area (Å²) < 4.78 is 0. The zero-order chi connectivity index (χ0) is 19.0. The number of nitrogens with one attached hydrogen (secondary N) is 1. The van der Waals surface area contributed by atoms with Crippen LogP contribution in [0.2, 0.25) is 0 Å². The van der Waals surface area contributed by atoms with Crippen LogP contribution in [0.3, 0.4) is 0 Å². The molecule has 5 heteroatoms. The first-order valence-electron chi connectivity index (χ1n) is 10.1. The van der Waals surface area contributed by atoms with Crippen molar-refractivity contribution in [1.29, 1.82) is 0 Å². The molecule has 1 aromatic rings. The molecule has 27 heavy (non-hydrogen) atoms. The fourth-order valence-electron chi connectivity index (χ4n) is 6.20. The molecule has 4 nitrogen and oxygen atoms in total. The topological polar surface area (TPSA) is 49.4 Å². The molecule has 0 radical (unpaired) electrons. The summed E-state index contributed by atoms with van der Waals surface area (Å²) in [7, 11) is 1.77. The van der Waals surface area contributed by atoms with Crippen molar-refractivity contribution in [1.82, 2.24) is 4.90 Å². The monoisotopic (exact) mass is 386 g/mol. The van der Waals surface area contributed by atoms with Crippen molar-refractivity contribution in [2.24, 2.45) is 23.2 Å². The third-order valence-corrected chi connectivity index (χ3v) is 7.67. The molecule has 4 aliphatic carbocycles. The molecule has 0 spiro atoms. The molecular formula is C22H30N2O2S. The summed E-state index contributed by atoms with van der Waals surface area (Å²) in [4.78, 5) is 28.0. The molecule has 1 N–H and O–H groups in total. The van der Waals surface area contributed by atoms with E-state index in [4.69, 9.17) is 0 Å². The van der Waals surface area contributed by atoms with Crippen LogP contribution >= 0.6 is 11.8 Å². The third kappa shape index (κ3) is 4.03. The molecule has 0 heterocycles. The van der Waals surface area contributed by atoms with E-state index in [0.29, 0.717) is 6.42 Å². The van der Waals surface area contributed by atoms with Gasteiger partial charge in [0.25, 0.3) is 0 Å². The van der Waals surface area contributed by atoms with E-state index in [0.717, 1.165) is 28.3 Å². The van der Waals surface area contributed by atoms with Crippen LogP contribution in [0.1, 0.15) is 44.9 Å². The highest BCUT2D eigenvalue weighted by molar-refractivity contribution is 7.98. The molecule has 4 bridgehead atoms. The molecule has 0 atom stereocenters. The minimum Gasteiger partial charge on any atom is -0.336 e. The molecule has 5 rings (SSSR count). The van der Waals surface area contributed by atoms with E-state index in [-0.39, 0.29) is 23.8 Å². The van der Waals surface area contributed by atoms with Gasteiger partial charge in [-0.05, 0) is 80.1 Å². The molecule has 0 saturated heterocycles. The molecule has 146 valence electrons. The van der Waals surface area contributed by atoms with Crippen molar-refractivity contribution in [3.05, 3.63) is 24.3 Å². The fraction of sp³-hybridized carbons (Fsp3) is 0.636. The molecule has 2 amide bonds. The zero-order valence-corrected chi connectivity index (χ0v) is 17.2. The van der Waals surface area contributed by atoms with Gasteiger partial charge in [0.05, 0.1) is 12.2 Å². The van der Waals surface area contributed by atoms with Crippen molar-refractivity contribution < 1.29 is 9.59 Å². The van der Waals surface area contributed by atoms with Crippen molar-refractivity contribution >= 4 is 29.3 Å². The van der Waals surface area contributed by atoms with Gasteiger partial charge < -0.3 is 10.2 Å². The number of hydrogen-bond donors (Lipinski definition) is 1. The Morgan fingerprint density at radius 3 is 2.30 bits per heavy atom. The van der Waals surface area contributed by atoms with Crippen LogP contribution in [0.25, 0.3) is 0 Å². The second-order valence-corrected chi connectivity index (χ2v) is 9.94. The van der Waals surface area contributed by atoms with E-state index in [2.05, 4.69) is 5.32 Å². The van der Waals surface area contributed by atoms with Crippen molar-refractivity contribution in [3.63, 3.8) is 0 Å². The lowest BCUT2D eigenvalue weighted by molar-refractivity contribution is -0.140. The summed E-state index contributed by atoms with van der Waals surface area (Å²) >= 11 is 1.60. The van der Waals surface area contributed by atoms with E-state index in [1.165, 1.54) is 38.5 Å². The van der Waals surface area contributed by atoms with Gasteiger partial charge in [-0.15, -0.1) is 11.8 Å². The Balaban J connectivity index is 1.33. The van der Waals surface area contributed by atoms with Gasteiger partial charge in [0.1, 0.15) is 0 Å². The van der Waals surface area contributed by atoms with E-state index in [9.17, 15) is 9.59 Å². The number of anilines is 1. The van der Waals surface area contributed by atoms with Crippen LogP contribution in [0, 0.1) is 23.2 Å². The molecule has 0 aliphatic heterocycles. The van der Waals surface area contributed by atoms with E-state index in [1.54, 1.807) is 23.7 Å². The first-order chi connectivity index (χ1) is 13.0. The summed E-state index contributed by atoms with van der Waals surface area (Å²) in [5, 5.41) is 2.95. The van der Waals surface area contributed by atoms with Crippen LogP contribution < -0.4 is 5.32 Å². The Morgan fingerprint density at radius 2 is 1.70 bits per heavy atom.